The van der Waals surface area contributed by atoms with Gasteiger partial charge in [0.2, 0.25) is 17.7 Å². The predicted molar refractivity (Wildman–Crippen MR) is 178 cm³/mol. The van der Waals surface area contributed by atoms with Gasteiger partial charge in [-0.1, -0.05) is 91.0 Å². The zero-order valence-corrected chi connectivity index (χ0v) is 26.2. The Hall–Kier alpha value is -4.69. The topological polar surface area (TPSA) is 107 Å². The number of aliphatic hydroxyl groups is 1. The first-order valence-electron chi connectivity index (χ1n) is 15.5. The molecule has 1 saturated heterocycles. The summed E-state index contributed by atoms with van der Waals surface area (Å²) in [7, 11) is 3.27. The summed E-state index contributed by atoms with van der Waals surface area (Å²) in [5.41, 5.74) is 9.63. The van der Waals surface area contributed by atoms with Gasteiger partial charge in [-0.15, -0.1) is 0 Å². The number of piperidine rings is 1. The average Bonchev–Trinajstić information content (AvgIpc) is 3.08. The Bertz CT molecular complexity index is 1450. The first-order valence-corrected chi connectivity index (χ1v) is 15.5. The molecular weight excluding hydrogens is 564 g/mol. The van der Waals surface area contributed by atoms with E-state index in [0.29, 0.717) is 45.2 Å². The maximum Gasteiger partial charge on any atom is 0.246 e. The third-order valence-corrected chi connectivity index (χ3v) is 8.48. The van der Waals surface area contributed by atoms with Gasteiger partial charge in [-0.05, 0) is 60.2 Å². The van der Waals surface area contributed by atoms with Crippen LogP contribution in [0.5, 0.6) is 0 Å². The van der Waals surface area contributed by atoms with Gasteiger partial charge in [0.25, 0.3) is 0 Å². The fraction of sp³-hybridized carbons (Fsp3) is 0.324. The Labute approximate surface area is 266 Å². The number of allylic oxidation sites excluding steroid dienone is 2. The molecule has 0 aromatic heterocycles. The predicted octanol–water partition coefficient (Wildman–Crippen LogP) is 4.19. The number of carbonyl (C=O) groups is 3. The first-order chi connectivity index (χ1) is 21.8. The van der Waals surface area contributed by atoms with Crippen molar-refractivity contribution < 1.29 is 19.5 Å². The van der Waals surface area contributed by atoms with Gasteiger partial charge < -0.3 is 25.5 Å². The molecular formula is C37H44N4O4. The van der Waals surface area contributed by atoms with E-state index in [4.69, 9.17) is 5.73 Å². The third kappa shape index (κ3) is 9.16. The van der Waals surface area contributed by atoms with Gasteiger partial charge in [0, 0.05) is 39.7 Å². The molecule has 3 aromatic carbocycles. The third-order valence-electron chi connectivity index (χ3n) is 8.48. The quantitative estimate of drug-likeness (QED) is 0.237. The van der Waals surface area contributed by atoms with Crippen molar-refractivity contribution in [3.63, 3.8) is 0 Å². The summed E-state index contributed by atoms with van der Waals surface area (Å²) in [5.74, 6) is -0.796. The standard InChI is InChI=1S/C37H44N4O4/c1-39(35(43)15-9-10-24-38)33(21-18-28-16-19-31(20-17-28)30-13-7-4-8-14-30)36(44)40(2)34(27-29-11-5-3-6-12-29)37(45)41-25-22-32(42)23-26-41/h3-17,19-20,24,32-34,42H,18,21-23,25-27,38H2,1-2H3/b15-9+,24-10+/t33?,34-/m1/s1. The number of aliphatic hydroxyl groups excluding tert-OH is 1. The highest BCUT2D eigenvalue weighted by Gasteiger charge is 2.37. The van der Waals surface area contributed by atoms with Crippen LogP contribution in [-0.4, -0.2) is 82.9 Å². The summed E-state index contributed by atoms with van der Waals surface area (Å²) in [6, 6.07) is 26.4. The molecule has 1 aliphatic rings. The Morgan fingerprint density at radius 2 is 1.42 bits per heavy atom. The summed E-state index contributed by atoms with van der Waals surface area (Å²) >= 11 is 0. The lowest BCUT2D eigenvalue weighted by atomic mass is 9.98. The van der Waals surface area contributed by atoms with Crippen molar-refractivity contribution in [2.24, 2.45) is 5.73 Å². The van der Waals surface area contributed by atoms with E-state index in [1.165, 1.54) is 22.1 Å². The fourth-order valence-corrected chi connectivity index (χ4v) is 5.67. The first kappa shape index (κ1) is 33.2. The maximum absolute atomic E-state index is 14.3. The lowest BCUT2D eigenvalue weighted by Gasteiger charge is -2.38. The van der Waals surface area contributed by atoms with Crippen molar-refractivity contribution in [2.45, 2.75) is 50.3 Å². The second kappa shape index (κ2) is 16.4. The monoisotopic (exact) mass is 608 g/mol. The molecule has 3 aromatic rings. The molecule has 0 radical (unpaired) electrons. The zero-order chi connectivity index (χ0) is 32.2. The second-order valence-corrected chi connectivity index (χ2v) is 11.5. The average molecular weight is 609 g/mol. The van der Waals surface area contributed by atoms with E-state index in [2.05, 4.69) is 24.3 Å². The number of nitrogens with two attached hydrogens (primary N) is 1. The van der Waals surface area contributed by atoms with Crippen LogP contribution in [0.3, 0.4) is 0 Å². The fourth-order valence-electron chi connectivity index (χ4n) is 5.67. The van der Waals surface area contributed by atoms with Crippen molar-refractivity contribution in [3.8, 4) is 11.1 Å². The molecule has 236 valence electrons. The highest BCUT2D eigenvalue weighted by Crippen LogP contribution is 2.22. The van der Waals surface area contributed by atoms with Gasteiger partial charge in [0.15, 0.2) is 0 Å². The van der Waals surface area contributed by atoms with Crippen LogP contribution in [0.15, 0.2) is 109 Å². The van der Waals surface area contributed by atoms with Crippen molar-refractivity contribution >= 4 is 17.7 Å². The Balaban J connectivity index is 1.58. The molecule has 1 heterocycles. The van der Waals surface area contributed by atoms with Gasteiger partial charge in [-0.2, -0.15) is 0 Å². The molecule has 0 spiro atoms. The molecule has 3 N–H and O–H groups in total. The number of amides is 3. The number of carbonyl (C=O) groups excluding carboxylic acids is 3. The molecule has 0 bridgehead atoms. The number of likely N-dealkylation sites (tertiary alicyclic amines) is 1. The molecule has 1 unspecified atom stereocenters. The number of likely N-dealkylation sites (N-methyl/N-ethyl adjacent to an activating group) is 2. The van der Waals surface area contributed by atoms with E-state index < -0.39 is 18.2 Å². The van der Waals surface area contributed by atoms with Crippen molar-refractivity contribution in [1.82, 2.24) is 14.7 Å². The number of hydrogen-bond donors (Lipinski definition) is 2. The van der Waals surface area contributed by atoms with Gasteiger partial charge in [-0.25, -0.2) is 0 Å². The molecule has 4 rings (SSSR count). The minimum absolute atomic E-state index is 0.154. The molecule has 8 heteroatoms. The van der Waals surface area contributed by atoms with E-state index in [9.17, 15) is 19.5 Å². The van der Waals surface area contributed by atoms with Crippen LogP contribution in [0.2, 0.25) is 0 Å². The summed E-state index contributed by atoms with van der Waals surface area (Å²) in [6.45, 7) is 0.876. The minimum atomic E-state index is -0.808. The Morgan fingerprint density at radius 1 is 0.822 bits per heavy atom. The Kier molecular flexibility index (Phi) is 12.1. The SMILES string of the molecule is CN(C(=O)/C=C/C=C/N)C(CCc1ccc(-c2ccccc2)cc1)C(=O)N(C)[C@H](Cc1ccccc1)C(=O)N1CCC(O)CC1. The van der Waals surface area contributed by atoms with E-state index >= 15 is 0 Å². The molecule has 1 aliphatic heterocycles. The summed E-state index contributed by atoms with van der Waals surface area (Å²) in [6.07, 6.45) is 7.67. The van der Waals surface area contributed by atoms with Crippen LogP contribution in [0, 0.1) is 0 Å². The maximum atomic E-state index is 14.3. The lowest BCUT2D eigenvalue weighted by molar-refractivity contribution is -0.150. The van der Waals surface area contributed by atoms with E-state index in [-0.39, 0.29) is 17.7 Å². The zero-order valence-electron chi connectivity index (χ0n) is 26.2. The normalized spacial score (nSPS) is 15.2. The number of aryl methyl sites for hydroxylation is 1. The summed E-state index contributed by atoms with van der Waals surface area (Å²) in [5, 5.41) is 10.0. The summed E-state index contributed by atoms with van der Waals surface area (Å²) < 4.78 is 0. The number of hydrogen-bond acceptors (Lipinski definition) is 5. The van der Waals surface area contributed by atoms with Crippen LogP contribution in [-0.2, 0) is 27.2 Å². The van der Waals surface area contributed by atoms with Gasteiger partial charge >= 0.3 is 0 Å². The van der Waals surface area contributed by atoms with Crippen molar-refractivity contribution in [2.75, 3.05) is 27.2 Å². The van der Waals surface area contributed by atoms with Crippen LogP contribution >= 0.6 is 0 Å². The molecule has 0 saturated carbocycles. The highest BCUT2D eigenvalue weighted by atomic mass is 16.3. The molecule has 3 amide bonds. The van der Waals surface area contributed by atoms with Crippen LogP contribution in [0.25, 0.3) is 11.1 Å². The van der Waals surface area contributed by atoms with Gasteiger partial charge in [0.05, 0.1) is 6.10 Å². The van der Waals surface area contributed by atoms with Gasteiger partial charge in [0.1, 0.15) is 12.1 Å². The molecule has 1 fully saturated rings. The van der Waals surface area contributed by atoms with Crippen molar-refractivity contribution in [3.05, 3.63) is 120 Å². The molecule has 45 heavy (non-hydrogen) atoms. The molecule has 0 aliphatic carbocycles. The smallest absolute Gasteiger partial charge is 0.246 e. The van der Waals surface area contributed by atoms with Crippen LogP contribution in [0.4, 0.5) is 0 Å². The largest absolute Gasteiger partial charge is 0.405 e. The van der Waals surface area contributed by atoms with E-state index in [0.717, 1.165) is 22.3 Å². The van der Waals surface area contributed by atoms with E-state index in [1.807, 2.05) is 60.7 Å². The number of benzene rings is 3. The van der Waals surface area contributed by atoms with Crippen LogP contribution in [0.1, 0.15) is 30.4 Å². The molecule has 8 nitrogen and oxygen atoms in total. The van der Waals surface area contributed by atoms with Crippen LogP contribution < -0.4 is 5.73 Å². The van der Waals surface area contributed by atoms with Gasteiger partial charge in [-0.3, -0.25) is 14.4 Å². The number of rotatable bonds is 12. The lowest BCUT2D eigenvalue weighted by Crippen LogP contribution is -2.57. The van der Waals surface area contributed by atoms with Crippen molar-refractivity contribution in [1.29, 1.82) is 0 Å². The molecule has 2 atom stereocenters. The number of nitrogens with zero attached hydrogens (tertiary/aromatic N) is 3. The second-order valence-electron chi connectivity index (χ2n) is 11.5. The summed E-state index contributed by atoms with van der Waals surface area (Å²) in [4.78, 5) is 46.1. The Morgan fingerprint density at radius 3 is 2.04 bits per heavy atom. The van der Waals surface area contributed by atoms with E-state index in [1.54, 1.807) is 31.1 Å². The minimum Gasteiger partial charge on any atom is -0.405 e. The highest BCUT2D eigenvalue weighted by molar-refractivity contribution is 5.95.